The van der Waals surface area contributed by atoms with Gasteiger partial charge in [0.25, 0.3) is 11.5 Å². The molecule has 0 saturated carbocycles. The highest BCUT2D eigenvalue weighted by molar-refractivity contribution is 7.12. The first kappa shape index (κ1) is 21.7. The Hall–Kier alpha value is -2.48. The van der Waals surface area contributed by atoms with Crippen LogP contribution in [0.3, 0.4) is 0 Å². The molecule has 0 aliphatic carbocycles. The number of carbonyl (C=O) groups is 2. The second-order valence-electron chi connectivity index (χ2n) is 8.88. The molecule has 8 heteroatoms. The molecule has 2 fully saturated rings. The van der Waals surface area contributed by atoms with E-state index < -0.39 is 0 Å². The van der Waals surface area contributed by atoms with Gasteiger partial charge in [-0.05, 0) is 37.1 Å². The molecule has 2 saturated heterocycles. The maximum atomic E-state index is 12.8. The predicted octanol–water partition coefficient (Wildman–Crippen LogP) is 3.21. The summed E-state index contributed by atoms with van der Waals surface area (Å²) in [5, 5.41) is 1.92. The smallest absolute Gasteiger partial charge is 0.263 e. The highest BCUT2D eigenvalue weighted by atomic mass is 32.1. The van der Waals surface area contributed by atoms with Crippen LogP contribution >= 0.6 is 11.3 Å². The van der Waals surface area contributed by atoms with Gasteiger partial charge in [-0.1, -0.05) is 19.9 Å². The lowest BCUT2D eigenvalue weighted by Crippen LogP contribution is -2.41. The number of piperidine rings is 2. The van der Waals surface area contributed by atoms with Gasteiger partial charge in [0, 0.05) is 50.0 Å². The number of amides is 2. The molecule has 166 valence electrons. The van der Waals surface area contributed by atoms with Crippen LogP contribution in [0.4, 0.5) is 0 Å². The van der Waals surface area contributed by atoms with Crippen LogP contribution in [0.5, 0.6) is 0 Å². The molecule has 0 bridgehead atoms. The number of H-pyrrole nitrogens is 1. The molecule has 2 aliphatic heterocycles. The molecule has 2 aromatic rings. The van der Waals surface area contributed by atoms with Gasteiger partial charge in [-0.15, -0.1) is 11.3 Å². The molecule has 2 aromatic heterocycles. The number of nitrogens with one attached hydrogen (secondary N) is 1. The summed E-state index contributed by atoms with van der Waals surface area (Å²) in [4.78, 5) is 49.8. The molecule has 2 aliphatic rings. The predicted molar refractivity (Wildman–Crippen MR) is 120 cm³/mol. The summed E-state index contributed by atoms with van der Waals surface area (Å²) in [6, 6.07) is 5.34. The lowest BCUT2D eigenvalue weighted by Gasteiger charge is -2.34. The fourth-order valence-electron chi connectivity index (χ4n) is 4.60. The van der Waals surface area contributed by atoms with Crippen molar-refractivity contribution in [2.24, 2.45) is 5.92 Å². The number of hydrogen-bond donors (Lipinski definition) is 1. The summed E-state index contributed by atoms with van der Waals surface area (Å²) in [5.74, 6) is 1.20. The van der Waals surface area contributed by atoms with Crippen molar-refractivity contribution in [2.45, 2.75) is 51.4 Å². The zero-order chi connectivity index (χ0) is 22.0. The summed E-state index contributed by atoms with van der Waals surface area (Å²) in [6.07, 6.45) is 3.43. The van der Waals surface area contributed by atoms with Gasteiger partial charge in [0.2, 0.25) is 5.91 Å². The van der Waals surface area contributed by atoms with Crippen LogP contribution in [0.15, 0.2) is 28.4 Å². The van der Waals surface area contributed by atoms with Gasteiger partial charge < -0.3 is 14.8 Å². The van der Waals surface area contributed by atoms with E-state index >= 15 is 0 Å². The Balaban J connectivity index is 1.46. The molecule has 0 unspecified atom stereocenters. The number of rotatable bonds is 4. The van der Waals surface area contributed by atoms with E-state index in [1.807, 2.05) is 41.2 Å². The van der Waals surface area contributed by atoms with Gasteiger partial charge in [-0.25, -0.2) is 4.98 Å². The number of carbonyl (C=O) groups excluding carboxylic acids is 2. The van der Waals surface area contributed by atoms with Crippen LogP contribution in [-0.4, -0.2) is 57.8 Å². The van der Waals surface area contributed by atoms with E-state index in [1.54, 1.807) is 6.07 Å². The van der Waals surface area contributed by atoms with Crippen molar-refractivity contribution in [2.75, 3.05) is 26.2 Å². The zero-order valence-corrected chi connectivity index (χ0v) is 19.0. The van der Waals surface area contributed by atoms with Gasteiger partial charge in [0.1, 0.15) is 5.82 Å². The molecule has 1 atom stereocenters. The number of thiophene rings is 1. The van der Waals surface area contributed by atoms with E-state index in [4.69, 9.17) is 4.98 Å². The van der Waals surface area contributed by atoms with Crippen molar-refractivity contribution < 1.29 is 9.59 Å². The van der Waals surface area contributed by atoms with E-state index in [0.717, 1.165) is 48.6 Å². The number of nitrogens with zero attached hydrogens (tertiary/aromatic N) is 3. The topological polar surface area (TPSA) is 86.4 Å². The molecule has 31 heavy (non-hydrogen) atoms. The fraction of sp³-hybridized carbons (Fsp3) is 0.565. The molecule has 7 nitrogen and oxygen atoms in total. The molecule has 4 rings (SSSR count). The van der Waals surface area contributed by atoms with Crippen molar-refractivity contribution >= 4 is 23.2 Å². The van der Waals surface area contributed by atoms with Crippen molar-refractivity contribution in [1.29, 1.82) is 0 Å². The monoisotopic (exact) mass is 442 g/mol. The molecule has 4 heterocycles. The summed E-state index contributed by atoms with van der Waals surface area (Å²) in [7, 11) is 0. The Labute approximate surface area is 186 Å². The first-order valence-electron chi connectivity index (χ1n) is 11.1. The van der Waals surface area contributed by atoms with Crippen LogP contribution in [0, 0.1) is 5.92 Å². The van der Waals surface area contributed by atoms with E-state index in [9.17, 15) is 14.4 Å². The van der Waals surface area contributed by atoms with E-state index in [-0.39, 0.29) is 35.1 Å². The van der Waals surface area contributed by atoms with Gasteiger partial charge >= 0.3 is 0 Å². The average molecular weight is 443 g/mol. The quantitative estimate of drug-likeness (QED) is 0.788. The van der Waals surface area contributed by atoms with Crippen LogP contribution in [-0.2, 0) is 4.79 Å². The summed E-state index contributed by atoms with van der Waals surface area (Å²) < 4.78 is 0. The van der Waals surface area contributed by atoms with Crippen molar-refractivity contribution in [3.05, 3.63) is 50.3 Å². The zero-order valence-electron chi connectivity index (χ0n) is 18.2. The third-order valence-corrected chi connectivity index (χ3v) is 7.18. The second-order valence-corrected chi connectivity index (χ2v) is 9.83. The van der Waals surface area contributed by atoms with Crippen LogP contribution in [0.25, 0.3) is 0 Å². The lowest BCUT2D eigenvalue weighted by molar-refractivity contribution is -0.135. The van der Waals surface area contributed by atoms with Crippen molar-refractivity contribution in [3.63, 3.8) is 0 Å². The molecular weight excluding hydrogens is 412 g/mol. The molecule has 0 spiro atoms. The average Bonchev–Trinajstić information content (AvgIpc) is 3.33. The maximum absolute atomic E-state index is 12.8. The molecule has 0 radical (unpaired) electrons. The SMILES string of the molecule is CC(C)C(=O)N1CCC(c2nc([C@H]3CCCN(C(=O)c4cccs4)C3)cc(=O)[nH]2)CC1. The second kappa shape index (κ2) is 9.34. The van der Waals surface area contributed by atoms with Gasteiger partial charge in [0.05, 0.1) is 10.6 Å². The first-order chi connectivity index (χ1) is 14.9. The van der Waals surface area contributed by atoms with E-state index in [2.05, 4.69) is 4.98 Å². The lowest BCUT2D eigenvalue weighted by atomic mass is 9.92. The van der Waals surface area contributed by atoms with Gasteiger partial charge in [-0.3, -0.25) is 14.4 Å². The van der Waals surface area contributed by atoms with E-state index in [0.29, 0.717) is 19.6 Å². The highest BCUT2D eigenvalue weighted by Crippen LogP contribution is 2.30. The van der Waals surface area contributed by atoms with E-state index in [1.165, 1.54) is 11.3 Å². The third kappa shape index (κ3) is 4.89. The largest absolute Gasteiger partial charge is 0.342 e. The number of hydrogen-bond acceptors (Lipinski definition) is 5. The number of likely N-dealkylation sites (tertiary alicyclic amines) is 2. The summed E-state index contributed by atoms with van der Waals surface area (Å²) >= 11 is 1.46. The van der Waals surface area contributed by atoms with Gasteiger partial charge in [0.15, 0.2) is 0 Å². The number of aromatic nitrogens is 2. The highest BCUT2D eigenvalue weighted by Gasteiger charge is 2.30. The Bertz CT molecular complexity index is 977. The Morgan fingerprint density at radius 2 is 1.90 bits per heavy atom. The van der Waals surface area contributed by atoms with Crippen LogP contribution in [0.1, 0.15) is 72.6 Å². The van der Waals surface area contributed by atoms with Crippen molar-refractivity contribution in [3.8, 4) is 0 Å². The van der Waals surface area contributed by atoms with Crippen LogP contribution < -0.4 is 5.56 Å². The first-order valence-corrected chi connectivity index (χ1v) is 12.0. The molecule has 1 N–H and O–H groups in total. The Morgan fingerprint density at radius 3 is 2.58 bits per heavy atom. The summed E-state index contributed by atoms with van der Waals surface area (Å²) in [6.45, 7) is 6.57. The minimum absolute atomic E-state index is 0.00365. The normalized spacial score (nSPS) is 20.3. The maximum Gasteiger partial charge on any atom is 0.263 e. The third-order valence-electron chi connectivity index (χ3n) is 6.33. The van der Waals surface area contributed by atoms with Crippen LogP contribution in [0.2, 0.25) is 0 Å². The summed E-state index contributed by atoms with van der Waals surface area (Å²) in [5.41, 5.74) is 0.644. The Morgan fingerprint density at radius 1 is 1.13 bits per heavy atom. The Kier molecular flexibility index (Phi) is 6.55. The fourth-order valence-corrected chi connectivity index (χ4v) is 5.29. The minimum Gasteiger partial charge on any atom is -0.342 e. The molecule has 2 amide bonds. The van der Waals surface area contributed by atoms with Gasteiger partial charge in [-0.2, -0.15) is 0 Å². The molecule has 0 aromatic carbocycles. The number of aromatic amines is 1. The molecular formula is C23H30N4O3S. The van der Waals surface area contributed by atoms with Crippen molar-refractivity contribution in [1.82, 2.24) is 19.8 Å². The standard InChI is InChI=1S/C23H30N4O3S/c1-15(2)22(29)26-10-7-16(8-11-26)21-24-18(13-20(28)25-21)17-5-3-9-27(14-17)23(30)19-6-4-12-31-19/h4,6,12-13,15-17H,3,5,7-11,14H2,1-2H3,(H,24,25,28)/t17-/m0/s1. The minimum atomic E-state index is -0.137.